The number of hydrogen-bond donors (Lipinski definition) is 0. The van der Waals surface area contributed by atoms with E-state index in [1.165, 1.54) is 38.5 Å². The molecule has 0 fully saturated rings. The highest BCUT2D eigenvalue weighted by Crippen LogP contribution is 2.10. The van der Waals surface area contributed by atoms with E-state index in [2.05, 4.69) is 11.3 Å². The average molecular weight is 255 g/mol. The van der Waals surface area contributed by atoms with Crippen molar-refractivity contribution in [3.05, 3.63) is 0 Å². The summed E-state index contributed by atoms with van der Waals surface area (Å²) < 4.78 is 36.4. The summed E-state index contributed by atoms with van der Waals surface area (Å²) in [7, 11) is -4.86. The normalized spacial score (nSPS) is 11.7. The van der Waals surface area contributed by atoms with Gasteiger partial charge < -0.3 is 0 Å². The van der Waals surface area contributed by atoms with Crippen LogP contribution in [0, 0.1) is 0 Å². The van der Waals surface area contributed by atoms with Crippen LogP contribution in [0.4, 0.5) is 7.77 Å². The van der Waals surface area contributed by atoms with Gasteiger partial charge in [0.1, 0.15) is 0 Å². The van der Waals surface area contributed by atoms with Gasteiger partial charge >= 0.3 is 10.5 Å². The summed E-state index contributed by atoms with van der Waals surface area (Å²) in [6, 6.07) is 0. The Labute approximate surface area is 98.6 Å². The van der Waals surface area contributed by atoms with E-state index in [0.717, 1.165) is 12.8 Å². The van der Waals surface area contributed by atoms with Crippen LogP contribution >= 0.6 is 0 Å². The maximum atomic E-state index is 11.8. The van der Waals surface area contributed by atoms with E-state index in [9.17, 15) is 12.0 Å². The SMILES string of the molecule is CCCCCCCCCCCN=S(=O)(F)F. The third kappa shape index (κ3) is 13.8. The van der Waals surface area contributed by atoms with Crippen LogP contribution in [-0.2, 0) is 10.5 Å². The van der Waals surface area contributed by atoms with Crippen molar-refractivity contribution in [2.24, 2.45) is 4.36 Å². The van der Waals surface area contributed by atoms with Crippen molar-refractivity contribution in [1.29, 1.82) is 0 Å². The van der Waals surface area contributed by atoms with E-state index < -0.39 is 10.5 Å². The van der Waals surface area contributed by atoms with Gasteiger partial charge in [-0.15, -0.1) is 0 Å². The van der Waals surface area contributed by atoms with Gasteiger partial charge in [-0.05, 0) is 6.42 Å². The fourth-order valence-corrected chi connectivity index (χ4v) is 1.93. The largest absolute Gasteiger partial charge is 0.366 e. The topological polar surface area (TPSA) is 29.4 Å². The Bertz CT molecular complexity index is 255. The lowest BCUT2D eigenvalue weighted by Crippen LogP contribution is -1.86. The van der Waals surface area contributed by atoms with Crippen LogP contribution in [0.15, 0.2) is 4.36 Å². The van der Waals surface area contributed by atoms with Gasteiger partial charge in [0.2, 0.25) is 0 Å². The first-order chi connectivity index (χ1) is 7.56. The minimum Gasteiger partial charge on any atom is -0.182 e. The van der Waals surface area contributed by atoms with Gasteiger partial charge in [0.25, 0.3) is 0 Å². The van der Waals surface area contributed by atoms with Crippen LogP contribution in [0.1, 0.15) is 64.7 Å². The number of hydrogen-bond acceptors (Lipinski definition) is 2. The second kappa shape index (κ2) is 10.00. The molecule has 5 heteroatoms. The second-order valence-corrected chi connectivity index (χ2v) is 5.13. The summed E-state index contributed by atoms with van der Waals surface area (Å²) in [5.41, 5.74) is 0. The number of nitrogens with zero attached hydrogens (tertiary/aromatic N) is 1. The Balaban J connectivity index is 3.14. The molecular weight excluding hydrogens is 232 g/mol. The Hall–Kier alpha value is -0.190. The Morgan fingerprint density at radius 2 is 1.31 bits per heavy atom. The fourth-order valence-electron chi connectivity index (χ4n) is 1.59. The van der Waals surface area contributed by atoms with Crippen molar-refractivity contribution < 1.29 is 12.0 Å². The fraction of sp³-hybridized carbons (Fsp3) is 1.00. The van der Waals surface area contributed by atoms with Gasteiger partial charge in [-0.25, -0.2) is 0 Å². The molecule has 0 saturated carbocycles. The predicted octanol–water partition coefficient (Wildman–Crippen LogP) is 4.75. The zero-order chi connectivity index (χ0) is 12.3. The van der Waals surface area contributed by atoms with E-state index in [1.807, 2.05) is 0 Å². The van der Waals surface area contributed by atoms with Crippen molar-refractivity contribution in [2.45, 2.75) is 64.7 Å². The van der Waals surface area contributed by atoms with Crippen molar-refractivity contribution in [2.75, 3.05) is 6.54 Å². The maximum Gasteiger partial charge on any atom is 0.366 e. The molecule has 0 amide bonds. The molecule has 16 heavy (non-hydrogen) atoms. The zero-order valence-electron chi connectivity index (χ0n) is 10.1. The van der Waals surface area contributed by atoms with E-state index in [1.54, 1.807) is 0 Å². The summed E-state index contributed by atoms with van der Waals surface area (Å²) in [4.78, 5) is 0. The second-order valence-electron chi connectivity index (χ2n) is 4.08. The number of rotatable bonds is 10. The zero-order valence-corrected chi connectivity index (χ0v) is 10.9. The highest BCUT2D eigenvalue weighted by molar-refractivity contribution is 7.83. The maximum absolute atomic E-state index is 11.8. The molecule has 0 heterocycles. The molecule has 0 aliphatic carbocycles. The van der Waals surface area contributed by atoms with Gasteiger partial charge in [-0.1, -0.05) is 66.1 Å². The first-order valence-corrected chi connectivity index (χ1v) is 7.50. The molecule has 0 aliphatic heterocycles. The number of halogens is 2. The molecule has 0 saturated heterocycles. The van der Waals surface area contributed by atoms with Crippen molar-refractivity contribution >= 4 is 10.5 Å². The molecule has 0 N–H and O–H groups in total. The Kier molecular flexibility index (Phi) is 9.88. The molecule has 0 aromatic rings. The lowest BCUT2D eigenvalue weighted by atomic mass is 10.1. The molecule has 0 spiro atoms. The van der Waals surface area contributed by atoms with Crippen molar-refractivity contribution in [3.63, 3.8) is 0 Å². The van der Waals surface area contributed by atoms with Gasteiger partial charge in [-0.2, -0.15) is 8.57 Å². The van der Waals surface area contributed by atoms with Crippen LogP contribution in [0.2, 0.25) is 0 Å². The molecule has 0 bridgehead atoms. The minimum absolute atomic E-state index is 0.0294. The lowest BCUT2D eigenvalue weighted by Gasteiger charge is -2.00. The predicted molar refractivity (Wildman–Crippen MR) is 64.9 cm³/mol. The van der Waals surface area contributed by atoms with Gasteiger partial charge in [0, 0.05) is 0 Å². The first kappa shape index (κ1) is 15.8. The van der Waals surface area contributed by atoms with E-state index in [0.29, 0.717) is 6.42 Å². The summed E-state index contributed by atoms with van der Waals surface area (Å²) in [6.45, 7) is 2.22. The molecule has 0 rings (SSSR count). The number of unbranched alkanes of at least 4 members (excludes halogenated alkanes) is 8. The highest BCUT2D eigenvalue weighted by Gasteiger charge is 1.98. The van der Waals surface area contributed by atoms with E-state index in [4.69, 9.17) is 0 Å². The van der Waals surface area contributed by atoms with Gasteiger partial charge in [0.15, 0.2) is 0 Å². The third-order valence-corrected chi connectivity index (χ3v) is 2.99. The Morgan fingerprint density at radius 1 is 0.875 bits per heavy atom. The van der Waals surface area contributed by atoms with E-state index in [-0.39, 0.29) is 6.54 Å². The molecular formula is C11H23F2NOS. The summed E-state index contributed by atoms with van der Waals surface area (Å²) in [6.07, 6.45) is 10.2. The van der Waals surface area contributed by atoms with Crippen LogP contribution in [-0.4, -0.2) is 10.8 Å². The molecule has 0 unspecified atom stereocenters. The summed E-state index contributed by atoms with van der Waals surface area (Å²) in [5.74, 6) is 0. The van der Waals surface area contributed by atoms with Crippen molar-refractivity contribution in [1.82, 2.24) is 0 Å². The molecule has 0 aromatic carbocycles. The molecule has 0 radical (unpaired) electrons. The molecule has 98 valence electrons. The van der Waals surface area contributed by atoms with Gasteiger partial charge in [0.05, 0.1) is 6.54 Å². The monoisotopic (exact) mass is 255 g/mol. The molecule has 0 atom stereocenters. The average Bonchev–Trinajstić information content (AvgIpc) is 2.19. The van der Waals surface area contributed by atoms with Gasteiger partial charge in [-0.3, -0.25) is 0 Å². The lowest BCUT2D eigenvalue weighted by molar-refractivity contribution is 0.562. The van der Waals surface area contributed by atoms with Crippen LogP contribution in [0.3, 0.4) is 0 Å². The van der Waals surface area contributed by atoms with Crippen LogP contribution in [0.5, 0.6) is 0 Å². The third-order valence-electron chi connectivity index (χ3n) is 2.50. The quantitative estimate of drug-likeness (QED) is 0.409. The highest BCUT2D eigenvalue weighted by atomic mass is 32.3. The molecule has 0 aliphatic rings. The van der Waals surface area contributed by atoms with Crippen LogP contribution < -0.4 is 0 Å². The van der Waals surface area contributed by atoms with Crippen molar-refractivity contribution in [3.8, 4) is 0 Å². The minimum atomic E-state index is -4.86. The smallest absolute Gasteiger partial charge is 0.182 e. The Morgan fingerprint density at radius 3 is 1.75 bits per heavy atom. The summed E-state index contributed by atoms with van der Waals surface area (Å²) >= 11 is 0. The molecule has 2 nitrogen and oxygen atoms in total. The first-order valence-electron chi connectivity index (χ1n) is 6.18. The van der Waals surface area contributed by atoms with Crippen LogP contribution in [0.25, 0.3) is 0 Å². The standard InChI is InChI=1S/C11H23F2NOS/c1-2-3-4-5-6-7-8-9-10-11-14-16(12,13)15/h2-11H2,1H3. The molecule has 0 aromatic heterocycles. The van der Waals surface area contributed by atoms with E-state index >= 15 is 0 Å². The summed E-state index contributed by atoms with van der Waals surface area (Å²) in [5, 5.41) is 0.